The van der Waals surface area contributed by atoms with Gasteiger partial charge >= 0.3 is 0 Å². The molecule has 0 bridgehead atoms. The van der Waals surface area contributed by atoms with Crippen molar-refractivity contribution < 1.29 is 4.79 Å². The number of likely N-dealkylation sites (tertiary alicyclic amines) is 1. The Morgan fingerprint density at radius 2 is 1.93 bits per heavy atom. The highest BCUT2D eigenvalue weighted by Crippen LogP contribution is 2.35. The second-order valence-electron chi connectivity index (χ2n) is 7.66. The first-order chi connectivity index (χ1) is 13.1. The molecule has 0 aliphatic carbocycles. The lowest BCUT2D eigenvalue weighted by Gasteiger charge is -2.39. The number of aromatic amines is 1. The number of aryl methyl sites for hydroxylation is 1. The van der Waals surface area contributed by atoms with Crippen molar-refractivity contribution in [3.05, 3.63) is 65.4 Å². The molecule has 5 heteroatoms. The maximum atomic E-state index is 13.4. The number of piperidine rings is 1. The van der Waals surface area contributed by atoms with Crippen LogP contribution in [-0.2, 0) is 16.8 Å². The summed E-state index contributed by atoms with van der Waals surface area (Å²) in [5.41, 5.74) is 3.73. The summed E-state index contributed by atoms with van der Waals surface area (Å²) in [5, 5.41) is 11.7. The Kier molecular flexibility index (Phi) is 4.70. The van der Waals surface area contributed by atoms with Crippen LogP contribution in [0.4, 0.5) is 0 Å². The number of hydrogen-bond donors (Lipinski definition) is 2. The Morgan fingerprint density at radius 1 is 1.19 bits per heavy atom. The van der Waals surface area contributed by atoms with E-state index in [0.29, 0.717) is 6.54 Å². The Balaban J connectivity index is 1.58. The summed E-state index contributed by atoms with van der Waals surface area (Å²) < 4.78 is 0. The van der Waals surface area contributed by atoms with Crippen LogP contribution >= 0.6 is 0 Å². The number of hydrogen-bond acceptors (Lipinski definition) is 3. The third-order valence-electron chi connectivity index (χ3n) is 5.82. The van der Waals surface area contributed by atoms with E-state index in [1.54, 1.807) is 0 Å². The fourth-order valence-corrected chi connectivity index (χ4v) is 4.05. The maximum absolute atomic E-state index is 13.4. The van der Waals surface area contributed by atoms with Crippen LogP contribution in [0.15, 0.2) is 48.5 Å². The summed E-state index contributed by atoms with van der Waals surface area (Å²) in [6, 6.07) is 16.4. The van der Waals surface area contributed by atoms with Gasteiger partial charge in [0.05, 0.1) is 23.2 Å². The van der Waals surface area contributed by atoms with E-state index in [1.807, 2.05) is 24.3 Å². The average Bonchev–Trinajstić information content (AvgIpc) is 3.09. The number of carbonyl (C=O) groups is 1. The third kappa shape index (κ3) is 3.35. The predicted octanol–water partition coefficient (Wildman–Crippen LogP) is 3.15. The van der Waals surface area contributed by atoms with Crippen LogP contribution in [0.2, 0.25) is 0 Å². The predicted molar refractivity (Wildman–Crippen MR) is 108 cm³/mol. The molecule has 2 heterocycles. The molecular weight excluding hydrogens is 336 g/mol. The van der Waals surface area contributed by atoms with Gasteiger partial charge in [-0.25, -0.2) is 0 Å². The largest absolute Gasteiger partial charge is 0.350 e. The molecule has 1 saturated heterocycles. The van der Waals surface area contributed by atoms with Crippen molar-refractivity contribution in [3.8, 4) is 0 Å². The number of amides is 1. The van der Waals surface area contributed by atoms with E-state index in [1.165, 1.54) is 5.56 Å². The van der Waals surface area contributed by atoms with Gasteiger partial charge in [0, 0.05) is 5.39 Å². The molecule has 4 rings (SSSR count). The molecule has 140 valence electrons. The second kappa shape index (κ2) is 7.16. The first-order valence-electron chi connectivity index (χ1n) is 9.54. The van der Waals surface area contributed by atoms with Gasteiger partial charge in [0.25, 0.3) is 0 Å². The van der Waals surface area contributed by atoms with Crippen LogP contribution in [0.1, 0.15) is 29.7 Å². The number of H-pyrrole nitrogens is 1. The molecule has 3 aromatic rings. The molecule has 0 spiro atoms. The summed E-state index contributed by atoms with van der Waals surface area (Å²) in [4.78, 5) is 15.7. The molecule has 2 N–H and O–H groups in total. The fraction of sp³-hybridized carbons (Fsp3) is 0.364. The zero-order valence-electron chi connectivity index (χ0n) is 16.0. The number of nitrogens with zero attached hydrogens (tertiary/aromatic N) is 2. The lowest BCUT2D eigenvalue weighted by atomic mass is 9.72. The van der Waals surface area contributed by atoms with Crippen LogP contribution in [0.25, 0.3) is 10.9 Å². The fourth-order valence-electron chi connectivity index (χ4n) is 4.05. The lowest BCUT2D eigenvalue weighted by Crippen LogP contribution is -2.50. The van der Waals surface area contributed by atoms with Gasteiger partial charge in [0.1, 0.15) is 0 Å². The van der Waals surface area contributed by atoms with E-state index in [0.717, 1.165) is 48.1 Å². The highest BCUT2D eigenvalue weighted by atomic mass is 16.2. The number of rotatable bonds is 4. The summed E-state index contributed by atoms with van der Waals surface area (Å²) in [5.74, 6) is 0.109. The van der Waals surface area contributed by atoms with Gasteiger partial charge in [-0.2, -0.15) is 5.10 Å². The summed E-state index contributed by atoms with van der Waals surface area (Å²) in [6.45, 7) is 4.38. The standard InChI is InChI=1S/C22H26N4O/c1-16-8-9-19-18(14-16)20(25-24-19)15-23-21(27)22(10-12-26(2)13-11-22)17-6-4-3-5-7-17/h3-9,14H,10-13,15H2,1-2H3,(H,23,27)(H,24,25). The number of nitrogens with one attached hydrogen (secondary N) is 2. The summed E-state index contributed by atoms with van der Waals surface area (Å²) >= 11 is 0. The molecule has 1 aromatic heterocycles. The number of aromatic nitrogens is 2. The minimum Gasteiger partial charge on any atom is -0.350 e. The topological polar surface area (TPSA) is 61.0 Å². The quantitative estimate of drug-likeness (QED) is 0.749. The van der Waals surface area contributed by atoms with Crippen molar-refractivity contribution in [1.29, 1.82) is 0 Å². The highest BCUT2D eigenvalue weighted by Gasteiger charge is 2.42. The van der Waals surface area contributed by atoms with Gasteiger partial charge < -0.3 is 10.2 Å². The van der Waals surface area contributed by atoms with Crippen LogP contribution in [-0.4, -0.2) is 41.1 Å². The van der Waals surface area contributed by atoms with E-state index in [4.69, 9.17) is 0 Å². The molecule has 0 saturated carbocycles. The van der Waals surface area contributed by atoms with Gasteiger partial charge in [-0.15, -0.1) is 0 Å². The molecule has 0 unspecified atom stereocenters. The van der Waals surface area contributed by atoms with Crippen LogP contribution in [0, 0.1) is 6.92 Å². The van der Waals surface area contributed by atoms with Gasteiger partial charge in [-0.1, -0.05) is 42.0 Å². The monoisotopic (exact) mass is 362 g/mol. The molecule has 5 nitrogen and oxygen atoms in total. The van der Waals surface area contributed by atoms with Crippen molar-refractivity contribution in [3.63, 3.8) is 0 Å². The average molecular weight is 362 g/mol. The van der Waals surface area contributed by atoms with Crippen LogP contribution in [0.3, 0.4) is 0 Å². The van der Waals surface area contributed by atoms with Crippen LogP contribution < -0.4 is 5.32 Å². The van der Waals surface area contributed by atoms with Gasteiger partial charge in [-0.3, -0.25) is 9.89 Å². The van der Waals surface area contributed by atoms with Crippen molar-refractivity contribution in [2.45, 2.75) is 31.7 Å². The minimum absolute atomic E-state index is 0.109. The van der Waals surface area contributed by atoms with E-state index < -0.39 is 5.41 Å². The summed E-state index contributed by atoms with van der Waals surface area (Å²) in [6.07, 6.45) is 1.67. The first-order valence-corrected chi connectivity index (χ1v) is 9.54. The SMILES string of the molecule is Cc1ccc2n[nH]c(CNC(=O)C3(c4ccccc4)CCN(C)CC3)c2c1. The van der Waals surface area contributed by atoms with E-state index in [-0.39, 0.29) is 5.91 Å². The Labute approximate surface area is 159 Å². The number of benzene rings is 2. The Bertz CT molecular complexity index is 939. The second-order valence-corrected chi connectivity index (χ2v) is 7.66. The molecule has 2 aromatic carbocycles. The number of carbonyl (C=O) groups excluding carboxylic acids is 1. The highest BCUT2D eigenvalue weighted by molar-refractivity contribution is 5.89. The van der Waals surface area contributed by atoms with Crippen LogP contribution in [0.5, 0.6) is 0 Å². The Morgan fingerprint density at radius 3 is 2.67 bits per heavy atom. The molecule has 0 radical (unpaired) electrons. The molecule has 1 fully saturated rings. The van der Waals surface area contributed by atoms with E-state index in [9.17, 15) is 4.79 Å². The zero-order chi connectivity index (χ0) is 18.9. The van der Waals surface area contributed by atoms with Crippen molar-refractivity contribution in [2.75, 3.05) is 20.1 Å². The van der Waals surface area contributed by atoms with E-state index in [2.05, 4.69) is 58.7 Å². The van der Waals surface area contributed by atoms with Gasteiger partial charge in [-0.05, 0) is 57.6 Å². The third-order valence-corrected chi connectivity index (χ3v) is 5.82. The number of fused-ring (bicyclic) bond motifs is 1. The Hall–Kier alpha value is -2.66. The molecular formula is C22H26N4O. The zero-order valence-corrected chi connectivity index (χ0v) is 16.0. The molecule has 1 aliphatic heterocycles. The minimum atomic E-state index is -0.459. The van der Waals surface area contributed by atoms with E-state index >= 15 is 0 Å². The normalized spacial score (nSPS) is 17.1. The van der Waals surface area contributed by atoms with Gasteiger partial charge in [0.15, 0.2) is 0 Å². The summed E-state index contributed by atoms with van der Waals surface area (Å²) in [7, 11) is 2.12. The molecule has 1 aliphatic rings. The first kappa shape index (κ1) is 17.7. The van der Waals surface area contributed by atoms with Crippen molar-refractivity contribution in [2.24, 2.45) is 0 Å². The van der Waals surface area contributed by atoms with Crippen molar-refractivity contribution in [1.82, 2.24) is 20.4 Å². The molecule has 0 atom stereocenters. The van der Waals surface area contributed by atoms with Crippen molar-refractivity contribution >= 4 is 16.8 Å². The molecule has 1 amide bonds. The maximum Gasteiger partial charge on any atom is 0.231 e. The smallest absolute Gasteiger partial charge is 0.231 e. The molecule has 27 heavy (non-hydrogen) atoms. The lowest BCUT2D eigenvalue weighted by molar-refractivity contribution is -0.128. The van der Waals surface area contributed by atoms with Gasteiger partial charge in [0.2, 0.25) is 5.91 Å².